The Morgan fingerprint density at radius 2 is 2.08 bits per heavy atom. The summed E-state index contributed by atoms with van der Waals surface area (Å²) in [7, 11) is 0. The van der Waals surface area contributed by atoms with Crippen LogP contribution < -0.4 is 5.56 Å². The lowest BCUT2D eigenvalue weighted by Gasteiger charge is -2.15. The summed E-state index contributed by atoms with van der Waals surface area (Å²) in [6, 6.07) is 0. The number of nitrogens with zero attached hydrogens (tertiary/aromatic N) is 3. The van der Waals surface area contributed by atoms with Gasteiger partial charge in [0.15, 0.2) is 5.16 Å². The number of hydrogen-bond acceptors (Lipinski definition) is 5. The molecule has 0 atom stereocenters. The normalized spacial score (nSPS) is 16.6. The molecule has 0 spiro atoms. The molecule has 0 N–H and O–H groups in total. The van der Waals surface area contributed by atoms with Crippen molar-refractivity contribution in [3.8, 4) is 0 Å². The standard InChI is InChI=1S/C18H21N3O2S2/c1-2-8-21-17(23)15-12-6-5-7-13(12)25-16(15)19-18(21)24-11-14(22)20-9-3-4-10-20/h2H,1,3-11H2. The molecular weight excluding hydrogens is 354 g/mol. The highest BCUT2D eigenvalue weighted by molar-refractivity contribution is 7.99. The second-order valence-electron chi connectivity index (χ2n) is 6.51. The number of thiophene rings is 1. The predicted octanol–water partition coefficient (Wildman–Crippen LogP) is 2.85. The summed E-state index contributed by atoms with van der Waals surface area (Å²) >= 11 is 3.01. The molecule has 1 aliphatic heterocycles. The van der Waals surface area contributed by atoms with Crippen LogP contribution in [0, 0.1) is 0 Å². The first-order valence-corrected chi connectivity index (χ1v) is 10.6. The first-order chi connectivity index (χ1) is 12.2. The van der Waals surface area contributed by atoms with Gasteiger partial charge in [-0.15, -0.1) is 17.9 Å². The third-order valence-corrected chi connectivity index (χ3v) is 7.03. The average molecular weight is 376 g/mol. The maximum Gasteiger partial charge on any atom is 0.263 e. The van der Waals surface area contributed by atoms with Crippen LogP contribution in [-0.2, 0) is 24.2 Å². The minimum Gasteiger partial charge on any atom is -0.342 e. The minimum absolute atomic E-state index is 0.0143. The van der Waals surface area contributed by atoms with Crippen molar-refractivity contribution in [2.75, 3.05) is 18.8 Å². The molecule has 1 amide bonds. The topological polar surface area (TPSA) is 55.2 Å². The Bertz CT molecular complexity index is 894. The van der Waals surface area contributed by atoms with Gasteiger partial charge >= 0.3 is 0 Å². The molecule has 0 radical (unpaired) electrons. The van der Waals surface area contributed by atoms with E-state index >= 15 is 0 Å². The number of aromatic nitrogens is 2. The second kappa shape index (κ2) is 6.96. The maximum absolute atomic E-state index is 13.0. The number of fused-ring (bicyclic) bond motifs is 3. The molecule has 2 aromatic heterocycles. The van der Waals surface area contributed by atoms with E-state index in [-0.39, 0.29) is 11.5 Å². The monoisotopic (exact) mass is 375 g/mol. The van der Waals surface area contributed by atoms with Gasteiger partial charge in [0.1, 0.15) is 4.83 Å². The van der Waals surface area contributed by atoms with E-state index in [0.29, 0.717) is 17.5 Å². The van der Waals surface area contributed by atoms with Gasteiger partial charge in [0.2, 0.25) is 5.91 Å². The number of rotatable bonds is 5. The summed E-state index contributed by atoms with van der Waals surface area (Å²) < 4.78 is 1.67. The molecule has 0 bridgehead atoms. The number of thioether (sulfide) groups is 1. The van der Waals surface area contributed by atoms with Gasteiger partial charge in [-0.1, -0.05) is 17.8 Å². The molecule has 4 rings (SSSR count). The molecule has 1 saturated heterocycles. The molecule has 0 saturated carbocycles. The maximum atomic E-state index is 13.0. The van der Waals surface area contributed by atoms with Gasteiger partial charge in [-0.05, 0) is 37.7 Å². The Labute approximate surface area is 154 Å². The summed E-state index contributed by atoms with van der Waals surface area (Å²) in [6.07, 6.45) is 7.03. The van der Waals surface area contributed by atoms with Crippen molar-refractivity contribution < 1.29 is 4.79 Å². The van der Waals surface area contributed by atoms with Gasteiger partial charge in [-0.3, -0.25) is 14.2 Å². The Kier molecular flexibility index (Phi) is 4.69. The summed E-state index contributed by atoms with van der Waals surface area (Å²) in [5, 5.41) is 1.42. The van der Waals surface area contributed by atoms with Crippen LogP contribution in [0.25, 0.3) is 10.2 Å². The highest BCUT2D eigenvalue weighted by Gasteiger charge is 2.24. The highest BCUT2D eigenvalue weighted by Crippen LogP contribution is 2.35. The van der Waals surface area contributed by atoms with Crippen molar-refractivity contribution in [2.45, 2.75) is 43.8 Å². The Hall–Kier alpha value is -1.60. The Morgan fingerprint density at radius 1 is 1.28 bits per heavy atom. The zero-order chi connectivity index (χ0) is 17.4. The molecule has 2 aromatic rings. The zero-order valence-electron chi connectivity index (χ0n) is 14.1. The van der Waals surface area contributed by atoms with Gasteiger partial charge < -0.3 is 4.90 Å². The first-order valence-electron chi connectivity index (χ1n) is 8.75. The van der Waals surface area contributed by atoms with Crippen LogP contribution in [0.5, 0.6) is 0 Å². The van der Waals surface area contributed by atoms with Crippen LogP contribution >= 0.6 is 23.1 Å². The van der Waals surface area contributed by atoms with Gasteiger partial charge in [-0.25, -0.2) is 4.98 Å². The van der Waals surface area contributed by atoms with Gasteiger partial charge in [0, 0.05) is 24.5 Å². The van der Waals surface area contributed by atoms with Crippen molar-refractivity contribution in [2.24, 2.45) is 0 Å². The SMILES string of the molecule is C=CCn1c(SCC(=O)N2CCCC2)nc2sc3c(c2c1=O)CCC3. The lowest BCUT2D eigenvalue weighted by molar-refractivity contribution is -0.127. The number of carbonyl (C=O) groups is 1. The molecule has 1 fully saturated rings. The number of hydrogen-bond donors (Lipinski definition) is 0. The van der Waals surface area contributed by atoms with E-state index in [4.69, 9.17) is 4.98 Å². The van der Waals surface area contributed by atoms with E-state index in [0.717, 1.165) is 55.4 Å². The van der Waals surface area contributed by atoms with Crippen molar-refractivity contribution >= 4 is 39.2 Å². The van der Waals surface area contributed by atoms with Gasteiger partial charge in [0.25, 0.3) is 5.56 Å². The van der Waals surface area contributed by atoms with Crippen molar-refractivity contribution in [3.63, 3.8) is 0 Å². The fraction of sp³-hybridized carbons (Fsp3) is 0.500. The van der Waals surface area contributed by atoms with E-state index in [9.17, 15) is 9.59 Å². The third kappa shape index (κ3) is 3.04. The molecule has 2 aliphatic rings. The average Bonchev–Trinajstić information content (AvgIpc) is 3.31. The summed E-state index contributed by atoms with van der Waals surface area (Å²) in [5.41, 5.74) is 1.21. The summed E-state index contributed by atoms with van der Waals surface area (Å²) in [5.74, 6) is 0.468. The van der Waals surface area contributed by atoms with Crippen LogP contribution in [-0.4, -0.2) is 39.2 Å². The fourth-order valence-corrected chi connectivity index (χ4v) is 5.86. The zero-order valence-corrected chi connectivity index (χ0v) is 15.8. The fourth-order valence-electron chi connectivity index (χ4n) is 3.64. The molecule has 0 unspecified atom stereocenters. The third-order valence-electron chi connectivity index (χ3n) is 4.89. The van der Waals surface area contributed by atoms with Crippen LogP contribution in [0.3, 0.4) is 0 Å². The molecule has 132 valence electrons. The van der Waals surface area contributed by atoms with E-state index in [2.05, 4.69) is 6.58 Å². The second-order valence-corrected chi connectivity index (χ2v) is 8.54. The number of carbonyl (C=O) groups excluding carboxylic acids is 1. The highest BCUT2D eigenvalue weighted by atomic mass is 32.2. The van der Waals surface area contributed by atoms with E-state index < -0.39 is 0 Å². The summed E-state index contributed by atoms with van der Waals surface area (Å²) in [6.45, 7) is 5.89. The molecule has 1 aliphatic carbocycles. The first kappa shape index (κ1) is 16.8. The predicted molar refractivity (Wildman–Crippen MR) is 103 cm³/mol. The Balaban J connectivity index is 1.67. The summed E-state index contributed by atoms with van der Waals surface area (Å²) in [4.78, 5) is 34.1. The number of aryl methyl sites for hydroxylation is 2. The van der Waals surface area contributed by atoms with E-state index in [1.165, 1.54) is 22.2 Å². The van der Waals surface area contributed by atoms with Crippen LogP contribution in [0.2, 0.25) is 0 Å². The molecule has 7 heteroatoms. The lowest BCUT2D eigenvalue weighted by atomic mass is 10.2. The van der Waals surface area contributed by atoms with Crippen LogP contribution in [0.1, 0.15) is 29.7 Å². The lowest BCUT2D eigenvalue weighted by Crippen LogP contribution is -2.30. The molecule has 0 aromatic carbocycles. The van der Waals surface area contributed by atoms with Crippen molar-refractivity contribution in [1.29, 1.82) is 0 Å². The number of likely N-dealkylation sites (tertiary alicyclic amines) is 1. The van der Waals surface area contributed by atoms with E-state index in [1.807, 2.05) is 4.90 Å². The molecule has 5 nitrogen and oxygen atoms in total. The molecular formula is C18H21N3O2S2. The minimum atomic E-state index is 0.0143. The van der Waals surface area contributed by atoms with Crippen LogP contribution in [0.4, 0.5) is 0 Å². The number of allylic oxidation sites excluding steroid dienone is 1. The van der Waals surface area contributed by atoms with Crippen molar-refractivity contribution in [3.05, 3.63) is 33.4 Å². The van der Waals surface area contributed by atoms with Gasteiger partial charge in [0.05, 0.1) is 11.1 Å². The largest absolute Gasteiger partial charge is 0.342 e. The Morgan fingerprint density at radius 3 is 2.84 bits per heavy atom. The smallest absolute Gasteiger partial charge is 0.263 e. The van der Waals surface area contributed by atoms with Gasteiger partial charge in [-0.2, -0.15) is 0 Å². The van der Waals surface area contributed by atoms with E-state index in [1.54, 1.807) is 22.0 Å². The van der Waals surface area contributed by atoms with Crippen LogP contribution in [0.15, 0.2) is 22.6 Å². The molecule has 25 heavy (non-hydrogen) atoms. The number of amides is 1. The quantitative estimate of drug-likeness (QED) is 0.458. The van der Waals surface area contributed by atoms with Crippen molar-refractivity contribution in [1.82, 2.24) is 14.5 Å². The molecule has 3 heterocycles.